The first kappa shape index (κ1) is 13.4. The highest BCUT2D eigenvalue weighted by Crippen LogP contribution is 2.16. The Labute approximate surface area is 99.4 Å². The third kappa shape index (κ3) is 4.03. The van der Waals surface area contributed by atoms with Crippen molar-refractivity contribution in [1.82, 2.24) is 4.72 Å². The molecule has 0 fully saturated rings. The van der Waals surface area contributed by atoms with Crippen LogP contribution in [0.4, 0.5) is 10.1 Å². The predicted octanol–water partition coefficient (Wildman–Crippen LogP) is 0.0120. The largest absolute Gasteiger partial charge is 0.320 e. The maximum Gasteiger partial charge on any atom is 0.298 e. The van der Waals surface area contributed by atoms with Crippen LogP contribution in [0.1, 0.15) is 5.56 Å². The topological polar surface area (TPSA) is 84.2 Å². The second-order valence-electron chi connectivity index (χ2n) is 3.01. The summed E-state index contributed by atoms with van der Waals surface area (Å²) in [5.74, 6) is 4.62. The van der Waals surface area contributed by atoms with E-state index < -0.39 is 16.0 Å². The van der Waals surface area contributed by atoms with Crippen molar-refractivity contribution in [2.45, 2.75) is 0 Å². The molecule has 0 amide bonds. The van der Waals surface area contributed by atoms with Crippen LogP contribution in [0.2, 0.25) is 0 Å². The molecular formula is C10H12FN3O2S. The maximum absolute atomic E-state index is 13.0. The molecule has 92 valence electrons. The average molecular weight is 257 g/mol. The van der Waals surface area contributed by atoms with Crippen LogP contribution in [0.15, 0.2) is 18.2 Å². The number of benzene rings is 1. The van der Waals surface area contributed by atoms with Crippen molar-refractivity contribution < 1.29 is 12.8 Å². The third-order valence-corrected chi connectivity index (χ3v) is 2.85. The van der Waals surface area contributed by atoms with Gasteiger partial charge in [-0.25, -0.2) is 9.11 Å². The Morgan fingerprint density at radius 2 is 2.18 bits per heavy atom. The summed E-state index contributed by atoms with van der Waals surface area (Å²) in [4.78, 5) is 0. The monoisotopic (exact) mass is 257 g/mol. The lowest BCUT2D eigenvalue weighted by Gasteiger charge is -2.08. The van der Waals surface area contributed by atoms with Gasteiger partial charge in [-0.15, -0.1) is 0 Å². The minimum atomic E-state index is -3.65. The second kappa shape index (κ2) is 5.63. The van der Waals surface area contributed by atoms with Gasteiger partial charge in [0.25, 0.3) is 10.2 Å². The van der Waals surface area contributed by atoms with E-state index in [0.29, 0.717) is 0 Å². The van der Waals surface area contributed by atoms with Gasteiger partial charge < -0.3 is 5.73 Å². The van der Waals surface area contributed by atoms with Gasteiger partial charge in [-0.3, -0.25) is 4.72 Å². The fourth-order valence-electron chi connectivity index (χ4n) is 1.05. The van der Waals surface area contributed by atoms with Gasteiger partial charge in [-0.1, -0.05) is 11.8 Å². The van der Waals surface area contributed by atoms with Gasteiger partial charge >= 0.3 is 0 Å². The smallest absolute Gasteiger partial charge is 0.298 e. The molecule has 0 saturated heterocycles. The molecule has 0 atom stereocenters. The minimum absolute atomic E-state index is 0.106. The SMILES string of the molecule is CNS(=O)(=O)Nc1ccc(F)cc1C#CCN. The summed E-state index contributed by atoms with van der Waals surface area (Å²) < 4.78 is 39.9. The molecule has 5 nitrogen and oxygen atoms in total. The van der Waals surface area contributed by atoms with E-state index in [1.54, 1.807) is 0 Å². The highest BCUT2D eigenvalue weighted by Gasteiger charge is 2.09. The average Bonchev–Trinajstić information content (AvgIpc) is 2.29. The lowest BCUT2D eigenvalue weighted by molar-refractivity contribution is 0.593. The number of nitrogens with two attached hydrogens (primary N) is 1. The number of anilines is 1. The molecule has 0 aromatic heterocycles. The molecule has 0 unspecified atom stereocenters. The van der Waals surface area contributed by atoms with Crippen molar-refractivity contribution in [1.29, 1.82) is 0 Å². The van der Waals surface area contributed by atoms with Crippen molar-refractivity contribution in [3.63, 3.8) is 0 Å². The molecule has 17 heavy (non-hydrogen) atoms. The van der Waals surface area contributed by atoms with E-state index >= 15 is 0 Å². The molecule has 1 aromatic carbocycles. The van der Waals surface area contributed by atoms with Crippen molar-refractivity contribution in [2.75, 3.05) is 18.3 Å². The highest BCUT2D eigenvalue weighted by molar-refractivity contribution is 7.90. The summed E-state index contributed by atoms with van der Waals surface area (Å²) in [5, 5.41) is 0. The summed E-state index contributed by atoms with van der Waals surface area (Å²) in [6, 6.07) is 3.57. The van der Waals surface area contributed by atoms with Crippen molar-refractivity contribution in [2.24, 2.45) is 5.73 Å². The summed E-state index contributed by atoms with van der Waals surface area (Å²) in [7, 11) is -2.39. The van der Waals surface area contributed by atoms with E-state index in [-0.39, 0.29) is 17.8 Å². The van der Waals surface area contributed by atoms with E-state index in [4.69, 9.17) is 5.73 Å². The van der Waals surface area contributed by atoms with E-state index in [9.17, 15) is 12.8 Å². The van der Waals surface area contributed by atoms with E-state index in [2.05, 4.69) is 21.3 Å². The summed E-state index contributed by atoms with van der Waals surface area (Å²) in [6.07, 6.45) is 0. The molecule has 0 aliphatic carbocycles. The molecule has 0 aliphatic rings. The maximum atomic E-state index is 13.0. The highest BCUT2D eigenvalue weighted by atomic mass is 32.2. The Bertz CT molecular complexity index is 561. The van der Waals surface area contributed by atoms with Crippen LogP contribution in [-0.4, -0.2) is 22.0 Å². The van der Waals surface area contributed by atoms with Crippen molar-refractivity contribution in [3.05, 3.63) is 29.6 Å². The Balaban J connectivity index is 3.15. The van der Waals surface area contributed by atoms with Gasteiger partial charge in [-0.2, -0.15) is 8.42 Å². The molecule has 7 heteroatoms. The van der Waals surface area contributed by atoms with Crippen LogP contribution < -0.4 is 15.2 Å². The summed E-state index contributed by atoms with van der Waals surface area (Å²) >= 11 is 0. The number of rotatable bonds is 3. The lowest BCUT2D eigenvalue weighted by Crippen LogP contribution is -2.26. The van der Waals surface area contributed by atoms with Crippen LogP contribution in [0.5, 0.6) is 0 Å². The zero-order valence-corrected chi connectivity index (χ0v) is 9.94. The zero-order chi connectivity index (χ0) is 12.9. The molecule has 0 aliphatic heterocycles. The molecule has 1 rings (SSSR count). The zero-order valence-electron chi connectivity index (χ0n) is 9.12. The van der Waals surface area contributed by atoms with E-state index in [1.807, 2.05) is 0 Å². The Kier molecular flexibility index (Phi) is 4.45. The molecule has 0 heterocycles. The summed E-state index contributed by atoms with van der Waals surface area (Å²) in [6.45, 7) is 0.106. The minimum Gasteiger partial charge on any atom is -0.320 e. The Hall–Kier alpha value is -1.62. The van der Waals surface area contributed by atoms with E-state index in [1.165, 1.54) is 13.1 Å². The van der Waals surface area contributed by atoms with Crippen molar-refractivity contribution >= 4 is 15.9 Å². The van der Waals surface area contributed by atoms with Crippen LogP contribution in [-0.2, 0) is 10.2 Å². The van der Waals surface area contributed by atoms with Crippen LogP contribution in [0.25, 0.3) is 0 Å². The molecule has 0 bridgehead atoms. The molecular weight excluding hydrogens is 245 g/mol. The van der Waals surface area contributed by atoms with Gasteiger partial charge in [-0.05, 0) is 18.2 Å². The van der Waals surface area contributed by atoms with Crippen molar-refractivity contribution in [3.8, 4) is 11.8 Å². The Morgan fingerprint density at radius 1 is 1.47 bits per heavy atom. The number of halogens is 1. The first-order valence-corrected chi connectivity index (χ1v) is 6.16. The molecule has 0 spiro atoms. The second-order valence-corrected chi connectivity index (χ2v) is 4.62. The van der Waals surface area contributed by atoms with Gasteiger partial charge in [0, 0.05) is 7.05 Å². The molecule has 0 saturated carbocycles. The molecule has 4 N–H and O–H groups in total. The standard InChI is InChI=1S/C10H12FN3O2S/c1-13-17(15,16)14-10-5-4-9(11)7-8(10)3-2-6-12/h4-5,7,13-14H,6,12H2,1H3. The Morgan fingerprint density at radius 3 is 2.76 bits per heavy atom. The van der Waals surface area contributed by atoms with Gasteiger partial charge in [0.1, 0.15) is 5.82 Å². The van der Waals surface area contributed by atoms with Gasteiger partial charge in [0.15, 0.2) is 0 Å². The first-order chi connectivity index (χ1) is 7.98. The quantitative estimate of drug-likeness (QED) is 0.667. The number of hydrogen-bond acceptors (Lipinski definition) is 3. The van der Waals surface area contributed by atoms with Crippen LogP contribution in [0, 0.1) is 17.7 Å². The van der Waals surface area contributed by atoms with Crippen LogP contribution >= 0.6 is 0 Å². The fourth-order valence-corrected chi connectivity index (χ4v) is 1.62. The predicted molar refractivity (Wildman–Crippen MR) is 63.9 cm³/mol. The molecule has 1 aromatic rings. The number of hydrogen-bond donors (Lipinski definition) is 3. The van der Waals surface area contributed by atoms with E-state index in [0.717, 1.165) is 12.1 Å². The van der Waals surface area contributed by atoms with Gasteiger partial charge in [0.05, 0.1) is 17.8 Å². The lowest BCUT2D eigenvalue weighted by atomic mass is 10.2. The first-order valence-electron chi connectivity index (χ1n) is 4.68. The third-order valence-electron chi connectivity index (χ3n) is 1.82. The molecule has 0 radical (unpaired) electrons. The normalized spacial score (nSPS) is 10.5. The van der Waals surface area contributed by atoms with Gasteiger partial charge in [0.2, 0.25) is 0 Å². The van der Waals surface area contributed by atoms with Crippen LogP contribution in [0.3, 0.4) is 0 Å². The number of nitrogens with one attached hydrogen (secondary N) is 2. The fraction of sp³-hybridized carbons (Fsp3) is 0.200. The summed E-state index contributed by atoms with van der Waals surface area (Å²) in [5.41, 5.74) is 5.63.